The second kappa shape index (κ2) is 16.0. The molecule has 0 aliphatic carbocycles. The second-order valence-electron chi connectivity index (χ2n) is 14.4. The van der Waals surface area contributed by atoms with E-state index in [9.17, 15) is 0 Å². The number of nitrogens with zero attached hydrogens (tertiary/aromatic N) is 6. The molecule has 0 atom stereocenters. The summed E-state index contributed by atoms with van der Waals surface area (Å²) in [5.74, 6) is 4.16. The highest BCUT2D eigenvalue weighted by Crippen LogP contribution is 2.35. The molecule has 4 aromatic heterocycles. The van der Waals surface area contributed by atoms with E-state index in [4.69, 9.17) is 24.9 Å². The molecular weight excluding hydrogens is 745 g/mol. The lowest BCUT2D eigenvalue weighted by atomic mass is 9.74. The standard InChI is InChI=1S/C47H39B3N6S2/c1-28(24-37-36(22-23-49-3)29(2)56(42(37)50-4)35-19-21-41-39(27-35)52-47(48)58-41)32-16-11-17-34(25-32)46-51-38-26-33(18-20-40(38)57-46)45-54-43(30-12-7-5-8-13-30)53-44(55-45)31-14-9-6-10-15-31/h5-27,49-50H,48H2,1-4H3/b23-22-,28-24+. The van der Waals surface area contributed by atoms with Gasteiger partial charge in [-0.1, -0.05) is 98.6 Å². The molecule has 5 aromatic carbocycles. The summed E-state index contributed by atoms with van der Waals surface area (Å²) in [7, 11) is 3.95. The normalized spacial score (nSPS) is 11.9. The number of fused-ring (bicyclic) bond motifs is 2. The van der Waals surface area contributed by atoms with E-state index >= 15 is 0 Å². The molecule has 0 amide bonds. The molecule has 0 saturated carbocycles. The Hall–Kier alpha value is -6.16. The van der Waals surface area contributed by atoms with Crippen molar-refractivity contribution < 1.29 is 0 Å². The lowest BCUT2D eigenvalue weighted by molar-refractivity contribution is 1.04. The Balaban J connectivity index is 1.07. The zero-order chi connectivity index (χ0) is 39.8. The summed E-state index contributed by atoms with van der Waals surface area (Å²) in [6.07, 6.45) is 4.67. The van der Waals surface area contributed by atoms with Gasteiger partial charge in [-0.3, -0.25) is 4.98 Å². The van der Waals surface area contributed by atoms with Gasteiger partial charge in [0.2, 0.25) is 0 Å². The average Bonchev–Trinajstić information content (AvgIpc) is 3.94. The van der Waals surface area contributed by atoms with Crippen LogP contribution >= 0.6 is 22.7 Å². The molecule has 58 heavy (non-hydrogen) atoms. The molecule has 0 bridgehead atoms. The maximum Gasteiger partial charge on any atom is 0.177 e. The van der Waals surface area contributed by atoms with E-state index in [1.807, 2.05) is 60.7 Å². The zero-order valence-electron chi connectivity index (χ0n) is 33.2. The van der Waals surface area contributed by atoms with E-state index in [-0.39, 0.29) is 0 Å². The molecule has 0 aliphatic heterocycles. The first-order chi connectivity index (χ1) is 28.4. The lowest BCUT2D eigenvalue weighted by Crippen LogP contribution is -2.24. The van der Waals surface area contributed by atoms with Crippen LogP contribution in [0.4, 0.5) is 0 Å². The van der Waals surface area contributed by atoms with E-state index in [1.165, 1.54) is 38.3 Å². The van der Waals surface area contributed by atoms with Gasteiger partial charge in [-0.25, -0.2) is 19.9 Å². The van der Waals surface area contributed by atoms with Crippen molar-refractivity contribution in [2.24, 2.45) is 0 Å². The van der Waals surface area contributed by atoms with Crippen LogP contribution in [0, 0.1) is 6.92 Å². The van der Waals surface area contributed by atoms with Crippen LogP contribution in [0.5, 0.6) is 0 Å². The molecule has 0 saturated heterocycles. The third kappa shape index (κ3) is 7.28. The first-order valence-electron chi connectivity index (χ1n) is 19.7. The molecule has 0 radical (unpaired) electrons. The van der Waals surface area contributed by atoms with Gasteiger partial charge in [-0.15, -0.1) is 28.6 Å². The zero-order valence-corrected chi connectivity index (χ0v) is 34.8. The van der Waals surface area contributed by atoms with Gasteiger partial charge in [0.1, 0.15) is 12.3 Å². The van der Waals surface area contributed by atoms with Gasteiger partial charge in [0.25, 0.3) is 0 Å². The summed E-state index contributed by atoms with van der Waals surface area (Å²) in [5.41, 5.74) is 14.4. The number of aromatic nitrogens is 6. The van der Waals surface area contributed by atoms with E-state index in [0.29, 0.717) is 17.5 Å². The van der Waals surface area contributed by atoms with Crippen molar-refractivity contribution >= 4 is 93.7 Å². The van der Waals surface area contributed by atoms with Crippen LogP contribution in [0.3, 0.4) is 0 Å². The van der Waals surface area contributed by atoms with Crippen molar-refractivity contribution in [2.75, 3.05) is 0 Å². The number of hydrogen-bond acceptors (Lipinski definition) is 7. The molecule has 0 N–H and O–H groups in total. The SMILES string of the molecule is Bc1nc2cc(-n3c(C)c(/C=C\BC)c(/C=C(\C)c4cccc(-c5nc6cc(-c7nc(-c8ccccc8)nc(-c8ccccc8)n7)ccc6s5)c4)c3BC)ccc2s1. The first kappa shape index (κ1) is 37.4. The largest absolute Gasteiger partial charge is 0.326 e. The maximum atomic E-state index is 5.17. The minimum atomic E-state index is 0.620. The molecule has 4 heterocycles. The summed E-state index contributed by atoms with van der Waals surface area (Å²) in [6, 6.07) is 41.9. The third-order valence-corrected chi connectivity index (χ3v) is 12.5. The maximum absolute atomic E-state index is 5.17. The van der Waals surface area contributed by atoms with Crippen molar-refractivity contribution in [1.29, 1.82) is 0 Å². The molecule has 0 aliphatic rings. The molecule has 0 fully saturated rings. The minimum Gasteiger partial charge on any atom is -0.326 e. The molecule has 6 nitrogen and oxygen atoms in total. The quantitative estimate of drug-likeness (QED) is 0.130. The van der Waals surface area contributed by atoms with Crippen molar-refractivity contribution in [3.8, 4) is 50.4 Å². The minimum absolute atomic E-state index is 0.620. The fourth-order valence-electron chi connectivity index (χ4n) is 7.59. The molecule has 0 spiro atoms. The molecule has 278 valence electrons. The molecule has 9 rings (SSSR count). The van der Waals surface area contributed by atoms with Crippen molar-refractivity contribution in [2.45, 2.75) is 27.5 Å². The monoisotopic (exact) mass is 784 g/mol. The number of allylic oxidation sites excluding steroid dienone is 1. The van der Waals surface area contributed by atoms with Gasteiger partial charge < -0.3 is 4.57 Å². The van der Waals surface area contributed by atoms with Crippen molar-refractivity contribution in [3.63, 3.8) is 0 Å². The van der Waals surface area contributed by atoms with Gasteiger partial charge in [-0.2, -0.15) is 0 Å². The van der Waals surface area contributed by atoms with E-state index in [2.05, 4.69) is 119 Å². The predicted molar refractivity (Wildman–Crippen MR) is 255 cm³/mol. The van der Waals surface area contributed by atoms with Crippen LogP contribution < -0.4 is 10.5 Å². The van der Waals surface area contributed by atoms with Crippen LogP contribution in [0.25, 0.3) is 88.6 Å². The van der Waals surface area contributed by atoms with Gasteiger partial charge >= 0.3 is 0 Å². The van der Waals surface area contributed by atoms with Crippen LogP contribution in [-0.4, -0.2) is 51.9 Å². The van der Waals surface area contributed by atoms with Crippen molar-refractivity contribution in [3.05, 3.63) is 150 Å². The Morgan fingerprint density at radius 1 is 0.638 bits per heavy atom. The summed E-state index contributed by atoms with van der Waals surface area (Å²) in [5, 5.41) is 0.975. The summed E-state index contributed by atoms with van der Waals surface area (Å²) in [6.45, 7) is 8.90. The number of thiazole rings is 2. The van der Waals surface area contributed by atoms with E-state index in [0.717, 1.165) is 68.1 Å². The topological polar surface area (TPSA) is 69.4 Å². The fraction of sp³-hybridized carbons (Fsp3) is 0.0851. The second-order valence-corrected chi connectivity index (χ2v) is 16.7. The van der Waals surface area contributed by atoms with Gasteiger partial charge in [-0.05, 0) is 84.7 Å². The lowest BCUT2D eigenvalue weighted by Gasteiger charge is -2.12. The third-order valence-electron chi connectivity index (χ3n) is 10.5. The summed E-state index contributed by atoms with van der Waals surface area (Å²) < 4.78 is 4.76. The fourth-order valence-corrected chi connectivity index (χ4v) is 9.34. The highest BCUT2D eigenvalue weighted by atomic mass is 32.1. The highest BCUT2D eigenvalue weighted by Gasteiger charge is 2.20. The Bertz CT molecular complexity index is 2960. The van der Waals surface area contributed by atoms with Crippen LogP contribution in [0.15, 0.2) is 127 Å². The van der Waals surface area contributed by atoms with Crippen LogP contribution in [0.2, 0.25) is 13.6 Å². The van der Waals surface area contributed by atoms with Gasteiger partial charge in [0.15, 0.2) is 32.6 Å². The molecule has 9 aromatic rings. The van der Waals surface area contributed by atoms with E-state index < -0.39 is 0 Å². The Kier molecular flexibility index (Phi) is 10.3. The Morgan fingerprint density at radius 3 is 1.97 bits per heavy atom. The average molecular weight is 784 g/mol. The number of hydrogen-bond donors (Lipinski definition) is 0. The van der Waals surface area contributed by atoms with E-state index in [1.54, 1.807) is 22.7 Å². The highest BCUT2D eigenvalue weighted by molar-refractivity contribution is 7.25. The Morgan fingerprint density at radius 2 is 1.28 bits per heavy atom. The molecular formula is C47H39B3N6S2. The summed E-state index contributed by atoms with van der Waals surface area (Å²) in [4.78, 5) is 25.8. The predicted octanol–water partition coefficient (Wildman–Crippen LogP) is 9.24. The number of rotatable bonds is 10. The van der Waals surface area contributed by atoms with Crippen LogP contribution in [0.1, 0.15) is 29.3 Å². The summed E-state index contributed by atoms with van der Waals surface area (Å²) >= 11 is 3.44. The molecule has 0 unspecified atom stereocenters. The van der Waals surface area contributed by atoms with Gasteiger partial charge in [0.05, 0.1) is 20.4 Å². The van der Waals surface area contributed by atoms with Gasteiger partial charge in [0, 0.05) is 44.1 Å². The molecule has 11 heteroatoms. The Labute approximate surface area is 349 Å². The van der Waals surface area contributed by atoms with Crippen molar-refractivity contribution in [1.82, 2.24) is 29.5 Å². The smallest absolute Gasteiger partial charge is 0.177 e. The number of benzene rings is 5. The first-order valence-corrected chi connectivity index (χ1v) is 21.4. The van der Waals surface area contributed by atoms with Crippen LogP contribution in [-0.2, 0) is 0 Å².